The molecule has 0 atom stereocenters. The van der Waals surface area contributed by atoms with Crippen LogP contribution in [0.15, 0.2) is 34.0 Å². The molecule has 0 amide bonds. The summed E-state index contributed by atoms with van der Waals surface area (Å²) < 4.78 is 8.43. The van der Waals surface area contributed by atoms with Crippen LogP contribution in [0.4, 0.5) is 0 Å². The molecule has 0 aliphatic carbocycles. The van der Waals surface area contributed by atoms with E-state index >= 15 is 0 Å². The molecule has 134 valence electrons. The number of hydrogen-bond donors (Lipinski definition) is 2. The lowest BCUT2D eigenvalue weighted by molar-refractivity contribution is 0.0268. The summed E-state index contributed by atoms with van der Waals surface area (Å²) in [6.45, 7) is 8.10. The second kappa shape index (κ2) is 9.57. The van der Waals surface area contributed by atoms with E-state index < -0.39 is 0 Å². The van der Waals surface area contributed by atoms with Gasteiger partial charge in [0.1, 0.15) is 5.65 Å². The van der Waals surface area contributed by atoms with Crippen molar-refractivity contribution in [3.05, 3.63) is 34.7 Å². The van der Waals surface area contributed by atoms with Crippen LogP contribution in [-0.2, 0) is 11.3 Å². The van der Waals surface area contributed by atoms with Crippen LogP contribution in [0, 0.1) is 0 Å². The topological polar surface area (TPSA) is 63.0 Å². The Balaban J connectivity index is 0.00000288. The van der Waals surface area contributed by atoms with Gasteiger partial charge in [-0.1, -0.05) is 0 Å². The van der Waals surface area contributed by atoms with Gasteiger partial charge in [0.2, 0.25) is 0 Å². The summed E-state index contributed by atoms with van der Waals surface area (Å²) in [5.74, 6) is 0.760. The number of aliphatic imine (C=N–C) groups is 1. The third-order valence-corrected chi connectivity index (χ3v) is 3.91. The maximum Gasteiger partial charge on any atom is 0.191 e. The van der Waals surface area contributed by atoms with E-state index in [0.717, 1.165) is 28.3 Å². The van der Waals surface area contributed by atoms with Gasteiger partial charge in [-0.15, -0.1) is 24.0 Å². The summed E-state index contributed by atoms with van der Waals surface area (Å²) in [7, 11) is 1.71. The molecule has 0 saturated carbocycles. The fourth-order valence-electron chi connectivity index (χ4n) is 1.96. The first-order valence-electron chi connectivity index (χ1n) is 7.64. The van der Waals surface area contributed by atoms with Gasteiger partial charge >= 0.3 is 0 Å². The molecule has 0 saturated heterocycles. The second-order valence-electron chi connectivity index (χ2n) is 5.86. The van der Waals surface area contributed by atoms with Gasteiger partial charge in [0.05, 0.1) is 17.8 Å². The van der Waals surface area contributed by atoms with Gasteiger partial charge in [0.25, 0.3) is 0 Å². The third kappa shape index (κ3) is 6.21. The Morgan fingerprint density at radius 3 is 2.75 bits per heavy atom. The van der Waals surface area contributed by atoms with Gasteiger partial charge < -0.3 is 19.8 Å². The monoisotopic (exact) mass is 509 g/mol. The maximum absolute atomic E-state index is 5.41. The van der Waals surface area contributed by atoms with Crippen molar-refractivity contribution in [2.75, 3.05) is 20.2 Å². The molecule has 0 spiro atoms. The standard InChI is InChI=1S/C16H24BrN5O.HI/c1-5-18-15(20-11-16(2,3)23-4)19-8-13-10-22-9-12(17)6-7-14(22)21-13;/h6-7,9-10H,5,8,11H2,1-4H3,(H2,18,19,20);1H. The van der Waals surface area contributed by atoms with Crippen LogP contribution in [-0.4, -0.2) is 41.1 Å². The van der Waals surface area contributed by atoms with Gasteiger partial charge in [0, 0.05) is 37.1 Å². The minimum atomic E-state index is -0.244. The normalized spacial score (nSPS) is 12.1. The third-order valence-electron chi connectivity index (χ3n) is 3.44. The van der Waals surface area contributed by atoms with E-state index in [2.05, 4.69) is 36.5 Å². The van der Waals surface area contributed by atoms with E-state index in [-0.39, 0.29) is 29.6 Å². The van der Waals surface area contributed by atoms with Gasteiger partial charge in [0.15, 0.2) is 5.96 Å². The highest BCUT2D eigenvalue weighted by Gasteiger charge is 2.16. The molecule has 0 fully saturated rings. The summed E-state index contributed by atoms with van der Waals surface area (Å²) in [6, 6.07) is 3.95. The minimum Gasteiger partial charge on any atom is -0.377 e. The van der Waals surface area contributed by atoms with Gasteiger partial charge in [-0.3, -0.25) is 0 Å². The lowest BCUT2D eigenvalue weighted by Crippen LogP contribution is -2.45. The van der Waals surface area contributed by atoms with Crippen molar-refractivity contribution in [2.45, 2.75) is 32.9 Å². The van der Waals surface area contributed by atoms with E-state index in [0.29, 0.717) is 13.1 Å². The Labute approximate surface area is 168 Å². The van der Waals surface area contributed by atoms with Crippen LogP contribution in [0.2, 0.25) is 0 Å². The number of hydrogen-bond acceptors (Lipinski definition) is 3. The number of fused-ring (bicyclic) bond motifs is 1. The van der Waals surface area contributed by atoms with Crippen molar-refractivity contribution in [3.8, 4) is 0 Å². The number of aromatic nitrogens is 2. The molecule has 8 heteroatoms. The van der Waals surface area contributed by atoms with Crippen LogP contribution >= 0.6 is 39.9 Å². The van der Waals surface area contributed by atoms with Gasteiger partial charge in [-0.2, -0.15) is 0 Å². The van der Waals surface area contributed by atoms with Crippen molar-refractivity contribution in [1.82, 2.24) is 20.0 Å². The molecule has 0 radical (unpaired) electrons. The zero-order chi connectivity index (χ0) is 16.9. The molecule has 2 N–H and O–H groups in total. The number of nitrogens with zero attached hydrogens (tertiary/aromatic N) is 3. The zero-order valence-electron chi connectivity index (χ0n) is 14.5. The first kappa shape index (κ1) is 21.2. The van der Waals surface area contributed by atoms with Crippen molar-refractivity contribution >= 4 is 51.5 Å². The fourth-order valence-corrected chi connectivity index (χ4v) is 2.32. The van der Waals surface area contributed by atoms with Crippen molar-refractivity contribution < 1.29 is 4.74 Å². The number of imidazole rings is 1. The van der Waals surface area contributed by atoms with E-state index in [1.165, 1.54) is 0 Å². The summed E-state index contributed by atoms with van der Waals surface area (Å²) in [6.07, 6.45) is 3.98. The van der Waals surface area contributed by atoms with Crippen molar-refractivity contribution in [1.29, 1.82) is 0 Å². The number of guanidine groups is 1. The summed E-state index contributed by atoms with van der Waals surface area (Å²) in [5.41, 5.74) is 1.59. The van der Waals surface area contributed by atoms with Crippen molar-refractivity contribution in [2.24, 2.45) is 4.99 Å². The Morgan fingerprint density at radius 2 is 2.08 bits per heavy atom. The van der Waals surface area contributed by atoms with Crippen LogP contribution in [0.5, 0.6) is 0 Å². The predicted molar refractivity (Wildman–Crippen MR) is 112 cm³/mol. The van der Waals surface area contributed by atoms with Crippen LogP contribution in [0.3, 0.4) is 0 Å². The van der Waals surface area contributed by atoms with Crippen molar-refractivity contribution in [3.63, 3.8) is 0 Å². The molecule has 2 rings (SSSR count). The second-order valence-corrected chi connectivity index (χ2v) is 6.77. The SMILES string of the molecule is CCNC(=NCc1cn2cc(Br)ccc2n1)NCC(C)(C)OC.I. The summed E-state index contributed by atoms with van der Waals surface area (Å²) in [5, 5.41) is 6.53. The Morgan fingerprint density at radius 1 is 1.33 bits per heavy atom. The highest BCUT2D eigenvalue weighted by molar-refractivity contribution is 14.0. The lowest BCUT2D eigenvalue weighted by atomic mass is 10.1. The number of methoxy groups -OCH3 is 1. The average Bonchev–Trinajstić information content (AvgIpc) is 2.92. The molecule has 0 bridgehead atoms. The number of pyridine rings is 1. The molecule has 6 nitrogen and oxygen atoms in total. The van der Waals surface area contributed by atoms with Crippen LogP contribution in [0.1, 0.15) is 26.5 Å². The van der Waals surface area contributed by atoms with Crippen LogP contribution < -0.4 is 10.6 Å². The quantitative estimate of drug-likeness (QED) is 0.356. The maximum atomic E-state index is 5.41. The molecule has 2 aromatic heterocycles. The van der Waals surface area contributed by atoms with E-state index in [1.807, 2.05) is 49.7 Å². The van der Waals surface area contributed by atoms with Gasteiger partial charge in [-0.25, -0.2) is 9.98 Å². The minimum absolute atomic E-state index is 0. The number of nitrogens with one attached hydrogen (secondary N) is 2. The predicted octanol–water partition coefficient (Wildman–Crippen LogP) is 3.19. The Bertz CT molecular complexity index is 686. The fraction of sp³-hybridized carbons (Fsp3) is 0.500. The summed E-state index contributed by atoms with van der Waals surface area (Å²) >= 11 is 3.46. The highest BCUT2D eigenvalue weighted by atomic mass is 127. The number of halogens is 2. The molecule has 0 aliphatic rings. The molecule has 0 aromatic carbocycles. The van der Waals surface area contributed by atoms with E-state index in [4.69, 9.17) is 4.74 Å². The van der Waals surface area contributed by atoms with E-state index in [1.54, 1.807) is 7.11 Å². The first-order valence-corrected chi connectivity index (χ1v) is 8.43. The largest absolute Gasteiger partial charge is 0.377 e. The molecule has 0 unspecified atom stereocenters. The molecule has 0 aliphatic heterocycles. The first-order chi connectivity index (χ1) is 10.9. The van der Waals surface area contributed by atoms with Gasteiger partial charge in [-0.05, 0) is 48.8 Å². The van der Waals surface area contributed by atoms with Crippen LogP contribution in [0.25, 0.3) is 5.65 Å². The lowest BCUT2D eigenvalue weighted by Gasteiger charge is -2.24. The molecule has 2 heterocycles. The average molecular weight is 510 g/mol. The summed E-state index contributed by atoms with van der Waals surface area (Å²) in [4.78, 5) is 9.16. The molecular weight excluding hydrogens is 485 g/mol. The Hall–Kier alpha value is -0.870. The Kier molecular flexibility index (Phi) is 8.44. The number of ether oxygens (including phenoxy) is 1. The zero-order valence-corrected chi connectivity index (χ0v) is 18.4. The number of rotatable bonds is 6. The smallest absolute Gasteiger partial charge is 0.191 e. The molecule has 2 aromatic rings. The molecular formula is C16H25BrIN5O. The molecule has 24 heavy (non-hydrogen) atoms. The highest BCUT2D eigenvalue weighted by Crippen LogP contribution is 2.13. The van der Waals surface area contributed by atoms with E-state index in [9.17, 15) is 0 Å².